The van der Waals surface area contributed by atoms with E-state index in [0.29, 0.717) is 18.2 Å². The molecule has 0 aromatic heterocycles. The molecule has 3 N–H and O–H groups in total. The van der Waals surface area contributed by atoms with Gasteiger partial charge >= 0.3 is 0 Å². The van der Waals surface area contributed by atoms with Gasteiger partial charge in [0.1, 0.15) is 11.7 Å². The average Bonchev–Trinajstić information content (AvgIpc) is 3.11. The quantitative estimate of drug-likeness (QED) is 0.434. The van der Waals surface area contributed by atoms with E-state index in [1.165, 1.54) is 6.08 Å². The molecule has 2 atom stereocenters. The highest BCUT2D eigenvalue weighted by atomic mass is 35.5. The number of rotatable bonds is 9. The summed E-state index contributed by atoms with van der Waals surface area (Å²) in [6, 6.07) is 12.8. The first-order valence-corrected chi connectivity index (χ1v) is 12.8. The van der Waals surface area contributed by atoms with E-state index in [2.05, 4.69) is 35.9 Å². The summed E-state index contributed by atoms with van der Waals surface area (Å²) in [5, 5.41) is 9.53. The Morgan fingerprint density at radius 2 is 1.89 bits per heavy atom. The third kappa shape index (κ3) is 6.09. The number of imide groups is 2. The van der Waals surface area contributed by atoms with Crippen molar-refractivity contribution in [1.82, 2.24) is 15.5 Å². The van der Waals surface area contributed by atoms with Crippen LogP contribution in [0, 0.1) is 12.8 Å². The molecule has 2 aliphatic heterocycles. The lowest BCUT2D eigenvalue weighted by molar-refractivity contribution is -0.149. The van der Waals surface area contributed by atoms with Crippen molar-refractivity contribution in [3.05, 3.63) is 76.0 Å². The van der Waals surface area contributed by atoms with Crippen LogP contribution in [0.4, 0.5) is 5.69 Å². The Labute approximate surface area is 221 Å². The first kappa shape index (κ1) is 26.6. The van der Waals surface area contributed by atoms with Gasteiger partial charge in [0.15, 0.2) is 0 Å². The molecule has 0 saturated carbocycles. The van der Waals surface area contributed by atoms with Crippen LogP contribution in [0.15, 0.2) is 54.2 Å². The minimum Gasteiger partial charge on any atom is -0.351 e. The summed E-state index contributed by atoms with van der Waals surface area (Å²) in [6.45, 7) is 7.74. The lowest BCUT2D eigenvalue weighted by atomic mass is 9.88. The molecule has 2 unspecified atom stereocenters. The van der Waals surface area contributed by atoms with Crippen molar-refractivity contribution >= 4 is 40.9 Å². The van der Waals surface area contributed by atoms with Gasteiger partial charge in [-0.3, -0.25) is 29.4 Å². The van der Waals surface area contributed by atoms with Gasteiger partial charge in [-0.15, -0.1) is 0 Å². The number of nitrogens with one attached hydrogen (secondary N) is 3. The van der Waals surface area contributed by atoms with Crippen LogP contribution < -0.4 is 16.0 Å². The standard InChI is InChI=1S/C28H31ClN4O4/c1-16(2)21(15-30-14-18-8-7-17(3)22(29)11-18)19-5-4-6-20(12-19)31-23-13-26(35)33(28(23)37)24-9-10-25(34)32-27(24)36/h4-8,11-13,16,21,24,30-31H,9-10,14-15H2,1-3H3,(H,32,34,36). The molecule has 0 aliphatic carbocycles. The minimum absolute atomic E-state index is 0.0832. The SMILES string of the molecule is Cc1ccc(CNCC(c2cccc(NC3=CC(=O)N(C4CCC(=O)NC4=O)C3=O)c2)C(C)C)cc1Cl. The summed E-state index contributed by atoms with van der Waals surface area (Å²) in [7, 11) is 0. The van der Waals surface area contributed by atoms with Gasteiger partial charge in [0, 0.05) is 36.3 Å². The fraction of sp³-hybridized carbons (Fsp3) is 0.357. The van der Waals surface area contributed by atoms with E-state index in [4.69, 9.17) is 11.6 Å². The van der Waals surface area contributed by atoms with Gasteiger partial charge in [0.2, 0.25) is 11.8 Å². The molecule has 2 heterocycles. The van der Waals surface area contributed by atoms with Gasteiger partial charge in [0.05, 0.1) is 0 Å². The molecule has 2 aromatic rings. The number of carbonyl (C=O) groups excluding carboxylic acids is 4. The van der Waals surface area contributed by atoms with Crippen molar-refractivity contribution in [2.24, 2.45) is 5.92 Å². The van der Waals surface area contributed by atoms with Crippen LogP contribution >= 0.6 is 11.6 Å². The Morgan fingerprint density at radius 3 is 2.59 bits per heavy atom. The third-order valence-electron chi connectivity index (χ3n) is 6.80. The molecule has 8 nitrogen and oxygen atoms in total. The lowest BCUT2D eigenvalue weighted by Crippen LogP contribution is -2.54. The minimum atomic E-state index is -0.987. The van der Waals surface area contributed by atoms with Crippen molar-refractivity contribution in [3.63, 3.8) is 0 Å². The number of halogens is 1. The van der Waals surface area contributed by atoms with Gasteiger partial charge < -0.3 is 10.6 Å². The Hall–Kier alpha value is -3.49. The number of amides is 4. The monoisotopic (exact) mass is 522 g/mol. The van der Waals surface area contributed by atoms with Gasteiger partial charge in [0.25, 0.3) is 11.8 Å². The molecule has 4 rings (SSSR count). The predicted octanol–water partition coefficient (Wildman–Crippen LogP) is 3.65. The largest absolute Gasteiger partial charge is 0.351 e. The van der Waals surface area contributed by atoms with E-state index in [-0.39, 0.29) is 24.5 Å². The predicted molar refractivity (Wildman–Crippen MR) is 142 cm³/mol. The van der Waals surface area contributed by atoms with Crippen molar-refractivity contribution in [3.8, 4) is 0 Å². The van der Waals surface area contributed by atoms with Crippen LogP contribution in [0.5, 0.6) is 0 Å². The van der Waals surface area contributed by atoms with Crippen LogP contribution in [0.3, 0.4) is 0 Å². The van der Waals surface area contributed by atoms with Crippen molar-refractivity contribution < 1.29 is 19.2 Å². The summed E-state index contributed by atoms with van der Waals surface area (Å²) < 4.78 is 0. The van der Waals surface area contributed by atoms with E-state index in [1.54, 1.807) is 0 Å². The zero-order valence-electron chi connectivity index (χ0n) is 21.1. The topological polar surface area (TPSA) is 108 Å². The smallest absolute Gasteiger partial charge is 0.278 e. The second-order valence-electron chi connectivity index (χ2n) is 9.85. The maximum absolute atomic E-state index is 13.0. The zero-order chi connectivity index (χ0) is 26.7. The highest BCUT2D eigenvalue weighted by Crippen LogP contribution is 2.28. The number of hydrogen-bond donors (Lipinski definition) is 3. The summed E-state index contributed by atoms with van der Waals surface area (Å²) in [5.41, 5.74) is 4.03. The maximum Gasteiger partial charge on any atom is 0.278 e. The summed E-state index contributed by atoms with van der Waals surface area (Å²) in [5.74, 6) is -1.63. The van der Waals surface area contributed by atoms with Crippen LogP contribution in [-0.4, -0.2) is 41.1 Å². The van der Waals surface area contributed by atoms with Crippen molar-refractivity contribution in [2.75, 3.05) is 11.9 Å². The molecule has 1 saturated heterocycles. The second-order valence-corrected chi connectivity index (χ2v) is 10.3. The summed E-state index contributed by atoms with van der Waals surface area (Å²) in [4.78, 5) is 50.1. The first-order chi connectivity index (χ1) is 17.6. The molecule has 1 fully saturated rings. The molecule has 4 amide bonds. The molecule has 0 radical (unpaired) electrons. The van der Waals surface area contributed by atoms with E-state index >= 15 is 0 Å². The third-order valence-corrected chi connectivity index (χ3v) is 7.21. The van der Waals surface area contributed by atoms with E-state index in [0.717, 1.165) is 33.2 Å². The maximum atomic E-state index is 13.0. The average molecular weight is 523 g/mol. The molecule has 37 heavy (non-hydrogen) atoms. The molecule has 9 heteroatoms. The van der Waals surface area contributed by atoms with Crippen LogP contribution in [-0.2, 0) is 25.7 Å². The Morgan fingerprint density at radius 1 is 1.11 bits per heavy atom. The fourth-order valence-electron chi connectivity index (χ4n) is 4.66. The number of benzene rings is 2. The highest BCUT2D eigenvalue weighted by Gasteiger charge is 2.42. The van der Waals surface area contributed by atoms with E-state index in [9.17, 15) is 19.2 Å². The number of hydrogen-bond acceptors (Lipinski definition) is 6. The van der Waals surface area contributed by atoms with Crippen molar-refractivity contribution in [2.45, 2.75) is 52.1 Å². The Balaban J connectivity index is 1.42. The molecule has 2 aromatic carbocycles. The van der Waals surface area contributed by atoms with Gasteiger partial charge in [-0.05, 0) is 60.1 Å². The Kier molecular flexibility index (Phi) is 8.10. The van der Waals surface area contributed by atoms with Gasteiger partial charge in [-0.1, -0.05) is 49.7 Å². The molecule has 2 aliphatic rings. The van der Waals surface area contributed by atoms with Crippen LogP contribution in [0.25, 0.3) is 0 Å². The molecule has 194 valence electrons. The number of piperidine rings is 1. The molecular weight excluding hydrogens is 492 g/mol. The van der Waals surface area contributed by atoms with Gasteiger partial charge in [-0.2, -0.15) is 0 Å². The van der Waals surface area contributed by atoms with E-state index in [1.807, 2.05) is 43.3 Å². The second kappa shape index (κ2) is 11.3. The molecular formula is C28H31ClN4O4. The highest BCUT2D eigenvalue weighted by molar-refractivity contribution is 6.31. The normalized spacial score (nSPS) is 18.8. The van der Waals surface area contributed by atoms with E-state index < -0.39 is 29.7 Å². The molecule has 0 spiro atoms. The first-order valence-electron chi connectivity index (χ1n) is 12.4. The van der Waals surface area contributed by atoms with Crippen LogP contribution in [0.1, 0.15) is 49.3 Å². The molecule has 0 bridgehead atoms. The summed E-state index contributed by atoms with van der Waals surface area (Å²) in [6.07, 6.45) is 1.41. The number of aryl methyl sites for hydroxylation is 1. The Bertz CT molecular complexity index is 1270. The van der Waals surface area contributed by atoms with Crippen LogP contribution in [0.2, 0.25) is 5.02 Å². The number of carbonyl (C=O) groups is 4. The van der Waals surface area contributed by atoms with Crippen molar-refractivity contribution in [1.29, 1.82) is 0 Å². The number of anilines is 1. The fourth-order valence-corrected chi connectivity index (χ4v) is 4.86. The number of nitrogens with zero attached hydrogens (tertiary/aromatic N) is 1. The zero-order valence-corrected chi connectivity index (χ0v) is 21.9. The van der Waals surface area contributed by atoms with Gasteiger partial charge in [-0.25, -0.2) is 0 Å². The summed E-state index contributed by atoms with van der Waals surface area (Å²) >= 11 is 6.25. The lowest BCUT2D eigenvalue weighted by Gasteiger charge is -2.28.